The fourth-order valence-electron chi connectivity index (χ4n) is 3.18. The Bertz CT molecular complexity index is 639. The van der Waals surface area contributed by atoms with Gasteiger partial charge in [-0.25, -0.2) is 9.37 Å². The molecule has 5 nitrogen and oxygen atoms in total. The first-order valence-electron chi connectivity index (χ1n) is 8.06. The van der Waals surface area contributed by atoms with Crippen LogP contribution in [0.2, 0.25) is 0 Å². The van der Waals surface area contributed by atoms with Crippen LogP contribution in [0.5, 0.6) is 0 Å². The van der Waals surface area contributed by atoms with Crippen molar-refractivity contribution in [2.75, 3.05) is 13.2 Å². The first-order chi connectivity index (χ1) is 11.1. The van der Waals surface area contributed by atoms with Crippen molar-refractivity contribution in [3.63, 3.8) is 0 Å². The highest BCUT2D eigenvalue weighted by Crippen LogP contribution is 2.31. The van der Waals surface area contributed by atoms with E-state index in [4.69, 9.17) is 4.74 Å². The number of aryl methyl sites for hydroxylation is 1. The molecular weight excluding hydrogens is 295 g/mol. The molecule has 0 amide bonds. The minimum Gasteiger partial charge on any atom is -0.381 e. The van der Waals surface area contributed by atoms with Gasteiger partial charge < -0.3 is 14.6 Å². The Morgan fingerprint density at radius 1 is 1.35 bits per heavy atom. The molecular formula is C17H23FN4O. The maximum Gasteiger partial charge on any atom is 0.141 e. The van der Waals surface area contributed by atoms with E-state index in [0.29, 0.717) is 5.92 Å². The van der Waals surface area contributed by atoms with Crippen LogP contribution in [0.3, 0.4) is 0 Å². The zero-order chi connectivity index (χ0) is 16.2. The summed E-state index contributed by atoms with van der Waals surface area (Å²) in [6.45, 7) is 3.60. The average molecular weight is 318 g/mol. The van der Waals surface area contributed by atoms with Crippen molar-refractivity contribution in [3.8, 4) is 0 Å². The van der Waals surface area contributed by atoms with Gasteiger partial charge in [-0.3, -0.25) is 4.98 Å². The minimum atomic E-state index is -0.309. The topological polar surface area (TPSA) is 52.0 Å². The zero-order valence-corrected chi connectivity index (χ0v) is 13.6. The lowest BCUT2D eigenvalue weighted by atomic mass is 9.90. The summed E-state index contributed by atoms with van der Waals surface area (Å²) in [5, 5.41) is 3.63. The smallest absolute Gasteiger partial charge is 0.141 e. The standard InChI is InChI=1S/C17H23FN4O/c1-12(14-9-15(18)11-19-10-14)21-16(13-3-7-23-8-4-13)17-20-5-6-22(17)2/h5-6,9-13,16,21H,3-4,7-8H2,1-2H3. The van der Waals surface area contributed by atoms with Crippen molar-refractivity contribution in [1.82, 2.24) is 19.9 Å². The Morgan fingerprint density at radius 3 is 2.78 bits per heavy atom. The lowest BCUT2D eigenvalue weighted by Gasteiger charge is -2.32. The Balaban J connectivity index is 1.82. The quantitative estimate of drug-likeness (QED) is 0.921. The van der Waals surface area contributed by atoms with Crippen molar-refractivity contribution in [3.05, 3.63) is 48.1 Å². The maximum absolute atomic E-state index is 13.4. The van der Waals surface area contributed by atoms with Crippen LogP contribution < -0.4 is 5.32 Å². The van der Waals surface area contributed by atoms with Crippen LogP contribution >= 0.6 is 0 Å². The van der Waals surface area contributed by atoms with E-state index in [-0.39, 0.29) is 17.9 Å². The molecule has 3 heterocycles. The normalized spacial score (nSPS) is 18.7. The molecule has 6 heteroatoms. The van der Waals surface area contributed by atoms with E-state index in [0.717, 1.165) is 37.4 Å². The van der Waals surface area contributed by atoms with Gasteiger partial charge in [0.15, 0.2) is 0 Å². The maximum atomic E-state index is 13.4. The number of aromatic nitrogens is 3. The molecule has 2 atom stereocenters. The first kappa shape index (κ1) is 16.1. The van der Waals surface area contributed by atoms with Crippen molar-refractivity contribution in [2.24, 2.45) is 13.0 Å². The second-order valence-corrected chi connectivity index (χ2v) is 6.15. The zero-order valence-electron chi connectivity index (χ0n) is 13.6. The number of hydrogen-bond acceptors (Lipinski definition) is 4. The van der Waals surface area contributed by atoms with Crippen LogP contribution in [0.1, 0.15) is 43.2 Å². The number of pyridine rings is 1. The van der Waals surface area contributed by atoms with E-state index >= 15 is 0 Å². The molecule has 0 aromatic carbocycles. The van der Waals surface area contributed by atoms with Gasteiger partial charge in [-0.1, -0.05) is 0 Å². The summed E-state index contributed by atoms with van der Waals surface area (Å²) in [4.78, 5) is 8.48. The van der Waals surface area contributed by atoms with Gasteiger partial charge in [0.1, 0.15) is 11.6 Å². The number of halogens is 1. The molecule has 124 valence electrons. The van der Waals surface area contributed by atoms with Crippen LogP contribution in [-0.2, 0) is 11.8 Å². The Morgan fingerprint density at radius 2 is 2.13 bits per heavy atom. The SMILES string of the molecule is CC(NC(c1nccn1C)C1CCOCC1)c1cncc(F)c1. The molecule has 2 aromatic rings. The molecule has 0 aliphatic carbocycles. The summed E-state index contributed by atoms with van der Waals surface area (Å²) in [7, 11) is 2.00. The number of ether oxygens (including phenoxy) is 1. The van der Waals surface area contributed by atoms with Crippen LogP contribution in [0.15, 0.2) is 30.9 Å². The molecule has 0 radical (unpaired) electrons. The van der Waals surface area contributed by atoms with Crippen molar-refractivity contribution < 1.29 is 9.13 Å². The van der Waals surface area contributed by atoms with Crippen LogP contribution in [-0.4, -0.2) is 27.7 Å². The highest BCUT2D eigenvalue weighted by Gasteiger charge is 2.29. The third-order valence-corrected chi connectivity index (χ3v) is 4.53. The molecule has 1 aliphatic rings. The van der Waals surface area contributed by atoms with Gasteiger partial charge >= 0.3 is 0 Å². The molecule has 1 aliphatic heterocycles. The fraction of sp³-hybridized carbons (Fsp3) is 0.529. The molecule has 0 saturated carbocycles. The lowest BCUT2D eigenvalue weighted by molar-refractivity contribution is 0.0505. The van der Waals surface area contributed by atoms with Crippen LogP contribution in [0.25, 0.3) is 0 Å². The van der Waals surface area contributed by atoms with Gasteiger partial charge in [0.05, 0.1) is 12.2 Å². The van der Waals surface area contributed by atoms with Crippen molar-refractivity contribution in [2.45, 2.75) is 31.8 Å². The van der Waals surface area contributed by atoms with Crippen LogP contribution in [0, 0.1) is 11.7 Å². The van der Waals surface area contributed by atoms with Gasteiger partial charge in [-0.05, 0) is 37.3 Å². The van der Waals surface area contributed by atoms with E-state index in [1.54, 1.807) is 6.20 Å². The third-order valence-electron chi connectivity index (χ3n) is 4.53. The van der Waals surface area contributed by atoms with E-state index in [1.807, 2.05) is 30.9 Å². The average Bonchev–Trinajstić information content (AvgIpc) is 2.99. The Kier molecular flexibility index (Phi) is 5.03. The Labute approximate surface area is 135 Å². The van der Waals surface area contributed by atoms with Gasteiger partial charge in [-0.15, -0.1) is 0 Å². The molecule has 0 spiro atoms. The number of hydrogen-bond donors (Lipinski definition) is 1. The van der Waals surface area contributed by atoms with E-state index < -0.39 is 0 Å². The number of imidazole rings is 1. The largest absolute Gasteiger partial charge is 0.381 e. The molecule has 2 unspecified atom stereocenters. The molecule has 1 saturated heterocycles. The van der Waals surface area contributed by atoms with Crippen molar-refractivity contribution in [1.29, 1.82) is 0 Å². The van der Waals surface area contributed by atoms with Gasteiger partial charge in [-0.2, -0.15) is 0 Å². The predicted octanol–water partition coefficient (Wildman–Crippen LogP) is 2.77. The molecule has 2 aromatic heterocycles. The number of nitrogens with one attached hydrogen (secondary N) is 1. The second kappa shape index (κ2) is 7.19. The third kappa shape index (κ3) is 3.76. The summed E-state index contributed by atoms with van der Waals surface area (Å²) in [5.41, 5.74) is 0.844. The van der Waals surface area contributed by atoms with E-state index in [1.165, 1.54) is 12.3 Å². The van der Waals surface area contributed by atoms with E-state index in [9.17, 15) is 4.39 Å². The number of nitrogens with zero attached hydrogens (tertiary/aromatic N) is 3. The second-order valence-electron chi connectivity index (χ2n) is 6.15. The predicted molar refractivity (Wildman–Crippen MR) is 85.2 cm³/mol. The lowest BCUT2D eigenvalue weighted by Crippen LogP contribution is -2.35. The highest BCUT2D eigenvalue weighted by atomic mass is 19.1. The molecule has 0 bridgehead atoms. The molecule has 3 rings (SSSR count). The first-order valence-corrected chi connectivity index (χ1v) is 8.06. The van der Waals surface area contributed by atoms with E-state index in [2.05, 4.69) is 15.3 Å². The number of rotatable bonds is 5. The molecule has 23 heavy (non-hydrogen) atoms. The Hall–Kier alpha value is -1.79. The molecule has 1 fully saturated rings. The summed E-state index contributed by atoms with van der Waals surface area (Å²) >= 11 is 0. The van der Waals surface area contributed by atoms with Gasteiger partial charge in [0, 0.05) is 44.9 Å². The minimum absolute atomic E-state index is 0.0113. The highest BCUT2D eigenvalue weighted by molar-refractivity contribution is 5.15. The van der Waals surface area contributed by atoms with Crippen LogP contribution in [0.4, 0.5) is 4.39 Å². The monoisotopic (exact) mass is 318 g/mol. The van der Waals surface area contributed by atoms with Gasteiger partial charge in [0.2, 0.25) is 0 Å². The summed E-state index contributed by atoms with van der Waals surface area (Å²) < 4.78 is 21.0. The van der Waals surface area contributed by atoms with Gasteiger partial charge in [0.25, 0.3) is 0 Å². The van der Waals surface area contributed by atoms with Crippen molar-refractivity contribution >= 4 is 0 Å². The summed E-state index contributed by atoms with van der Waals surface area (Å²) in [5.74, 6) is 1.15. The molecule has 1 N–H and O–H groups in total. The summed E-state index contributed by atoms with van der Waals surface area (Å²) in [6.07, 6.45) is 8.71. The fourth-order valence-corrected chi connectivity index (χ4v) is 3.18. The summed E-state index contributed by atoms with van der Waals surface area (Å²) in [6, 6.07) is 1.63.